The Bertz CT molecular complexity index is 1010. The molecule has 0 aliphatic carbocycles. The summed E-state index contributed by atoms with van der Waals surface area (Å²) in [5, 5.41) is 17.5. The minimum atomic E-state index is 0.525. The lowest BCUT2D eigenvalue weighted by atomic mass is 10.2. The molecule has 0 fully saturated rings. The number of rotatable bonds is 5. The molecule has 4 aromatic rings. The molecule has 0 saturated heterocycles. The Hall–Kier alpha value is -2.93. The maximum atomic E-state index is 5.76. The average molecular weight is 363 g/mol. The molecule has 130 valence electrons. The third kappa shape index (κ3) is 3.39. The van der Waals surface area contributed by atoms with Gasteiger partial charge in [0, 0.05) is 11.3 Å². The van der Waals surface area contributed by atoms with E-state index in [0.717, 1.165) is 22.2 Å². The van der Waals surface area contributed by atoms with E-state index in [1.807, 2.05) is 41.8 Å². The zero-order chi connectivity index (χ0) is 17.9. The van der Waals surface area contributed by atoms with Gasteiger partial charge in [-0.3, -0.25) is 4.57 Å². The molecule has 0 bridgehead atoms. The van der Waals surface area contributed by atoms with Gasteiger partial charge in [0.25, 0.3) is 0 Å². The Morgan fingerprint density at radius 2 is 1.65 bits per heavy atom. The normalized spacial score (nSPS) is 11.0. The van der Waals surface area contributed by atoms with Crippen molar-refractivity contribution in [1.82, 2.24) is 25.0 Å². The third-order valence-corrected chi connectivity index (χ3v) is 4.81. The largest absolute Gasteiger partial charge is 0.420 e. The van der Waals surface area contributed by atoms with Crippen molar-refractivity contribution in [2.75, 3.05) is 0 Å². The van der Waals surface area contributed by atoms with Crippen molar-refractivity contribution in [3.8, 4) is 17.1 Å². The summed E-state index contributed by atoms with van der Waals surface area (Å²) in [7, 11) is 0. The van der Waals surface area contributed by atoms with E-state index in [2.05, 4.69) is 51.6 Å². The zero-order valence-corrected chi connectivity index (χ0v) is 15.3. The van der Waals surface area contributed by atoms with E-state index in [-0.39, 0.29) is 0 Å². The summed E-state index contributed by atoms with van der Waals surface area (Å²) >= 11 is 1.52. The molecule has 0 unspecified atom stereocenters. The summed E-state index contributed by atoms with van der Waals surface area (Å²) < 4.78 is 7.79. The van der Waals surface area contributed by atoms with Gasteiger partial charge in [-0.1, -0.05) is 47.7 Å². The smallest absolute Gasteiger partial charge is 0.247 e. The van der Waals surface area contributed by atoms with Gasteiger partial charge in [-0.15, -0.1) is 20.4 Å². The van der Waals surface area contributed by atoms with E-state index in [0.29, 0.717) is 17.5 Å². The maximum absolute atomic E-state index is 5.76. The molecule has 0 N–H and O–H groups in total. The van der Waals surface area contributed by atoms with Crippen molar-refractivity contribution in [2.24, 2.45) is 0 Å². The number of benzene rings is 2. The number of thioether (sulfide) groups is 1. The Morgan fingerprint density at radius 1 is 0.885 bits per heavy atom. The molecule has 7 heteroatoms. The van der Waals surface area contributed by atoms with E-state index in [9.17, 15) is 0 Å². The van der Waals surface area contributed by atoms with Gasteiger partial charge in [0.15, 0.2) is 5.16 Å². The van der Waals surface area contributed by atoms with Crippen LogP contribution < -0.4 is 0 Å². The van der Waals surface area contributed by atoms with Gasteiger partial charge in [0.1, 0.15) is 5.82 Å². The predicted molar refractivity (Wildman–Crippen MR) is 100 cm³/mol. The lowest BCUT2D eigenvalue weighted by molar-refractivity contribution is 0.528. The van der Waals surface area contributed by atoms with Crippen LogP contribution >= 0.6 is 11.8 Å². The molecule has 0 radical (unpaired) electrons. The fraction of sp³-hybridized carbons (Fsp3) is 0.158. The van der Waals surface area contributed by atoms with E-state index < -0.39 is 0 Å². The molecule has 2 aromatic carbocycles. The minimum absolute atomic E-state index is 0.525. The van der Waals surface area contributed by atoms with Crippen molar-refractivity contribution in [3.63, 3.8) is 0 Å². The summed E-state index contributed by atoms with van der Waals surface area (Å²) in [6.45, 7) is 4.01. The average Bonchev–Trinajstić information content (AvgIpc) is 3.28. The second kappa shape index (κ2) is 7.13. The molecule has 2 aromatic heterocycles. The summed E-state index contributed by atoms with van der Waals surface area (Å²) in [4.78, 5) is 0. The van der Waals surface area contributed by atoms with Gasteiger partial charge < -0.3 is 4.42 Å². The van der Waals surface area contributed by atoms with Gasteiger partial charge in [0.2, 0.25) is 11.8 Å². The topological polar surface area (TPSA) is 69.6 Å². The highest BCUT2D eigenvalue weighted by Gasteiger charge is 2.14. The van der Waals surface area contributed by atoms with E-state index >= 15 is 0 Å². The molecule has 0 atom stereocenters. The molecule has 0 amide bonds. The summed E-state index contributed by atoms with van der Waals surface area (Å²) in [6.07, 6.45) is 0. The summed E-state index contributed by atoms with van der Waals surface area (Å²) in [5.74, 6) is 2.46. The molecule has 26 heavy (non-hydrogen) atoms. The Balaban J connectivity index is 1.53. The van der Waals surface area contributed by atoms with Crippen LogP contribution in [0.3, 0.4) is 0 Å². The van der Waals surface area contributed by atoms with Gasteiger partial charge in [-0.05, 0) is 38.1 Å². The van der Waals surface area contributed by atoms with Gasteiger partial charge in [0.05, 0.1) is 5.75 Å². The first-order chi connectivity index (χ1) is 12.7. The fourth-order valence-electron chi connectivity index (χ4n) is 2.56. The Labute approximate surface area is 155 Å². The van der Waals surface area contributed by atoms with Crippen LogP contribution in [0.2, 0.25) is 0 Å². The Kier molecular flexibility index (Phi) is 4.53. The number of hydrogen-bond acceptors (Lipinski definition) is 6. The van der Waals surface area contributed by atoms with E-state index in [1.165, 1.54) is 17.3 Å². The first-order valence-corrected chi connectivity index (χ1v) is 9.19. The van der Waals surface area contributed by atoms with Crippen LogP contribution in [0.25, 0.3) is 17.1 Å². The minimum Gasteiger partial charge on any atom is -0.420 e. The molecule has 4 rings (SSSR count). The molecule has 0 aliphatic heterocycles. The van der Waals surface area contributed by atoms with Crippen LogP contribution in [0.5, 0.6) is 0 Å². The van der Waals surface area contributed by atoms with Crippen LogP contribution in [0.15, 0.2) is 64.2 Å². The monoisotopic (exact) mass is 363 g/mol. The van der Waals surface area contributed by atoms with Crippen molar-refractivity contribution in [3.05, 3.63) is 71.9 Å². The van der Waals surface area contributed by atoms with Crippen molar-refractivity contribution in [1.29, 1.82) is 0 Å². The lowest BCUT2D eigenvalue weighted by Gasteiger charge is -2.07. The molecule has 0 saturated carbocycles. The molecule has 0 spiro atoms. The Morgan fingerprint density at radius 3 is 2.42 bits per heavy atom. The third-order valence-electron chi connectivity index (χ3n) is 3.90. The first-order valence-electron chi connectivity index (χ1n) is 8.20. The molecular weight excluding hydrogens is 346 g/mol. The SMILES string of the molecule is Cc1ccc(-n2c(C)nnc2SCc2nnc(-c3ccccc3)o2)cc1. The number of nitrogens with zero attached hydrogens (tertiary/aromatic N) is 5. The van der Waals surface area contributed by atoms with Gasteiger partial charge >= 0.3 is 0 Å². The van der Waals surface area contributed by atoms with Crippen LogP contribution in [0.4, 0.5) is 0 Å². The van der Waals surface area contributed by atoms with Crippen LogP contribution in [-0.4, -0.2) is 25.0 Å². The second-order valence-electron chi connectivity index (χ2n) is 5.86. The summed E-state index contributed by atoms with van der Waals surface area (Å²) in [6, 6.07) is 18.0. The van der Waals surface area contributed by atoms with Gasteiger partial charge in [-0.25, -0.2) is 0 Å². The fourth-order valence-corrected chi connectivity index (χ4v) is 3.40. The van der Waals surface area contributed by atoms with Crippen LogP contribution in [-0.2, 0) is 5.75 Å². The zero-order valence-electron chi connectivity index (χ0n) is 14.5. The van der Waals surface area contributed by atoms with Crippen LogP contribution in [0.1, 0.15) is 17.3 Å². The molecular formula is C19H17N5OS. The number of aromatic nitrogens is 5. The maximum Gasteiger partial charge on any atom is 0.247 e. The number of aryl methyl sites for hydroxylation is 2. The highest BCUT2D eigenvalue weighted by Crippen LogP contribution is 2.26. The highest BCUT2D eigenvalue weighted by atomic mass is 32.2. The predicted octanol–water partition coefficient (Wildman–Crippen LogP) is 4.23. The quantitative estimate of drug-likeness (QED) is 0.494. The van der Waals surface area contributed by atoms with Gasteiger partial charge in [-0.2, -0.15) is 0 Å². The standard InChI is InChI=1S/C19H17N5OS/c1-13-8-10-16(11-9-13)24-14(2)20-23-19(24)26-12-17-21-22-18(25-17)15-6-4-3-5-7-15/h3-11H,12H2,1-2H3. The molecule has 0 aliphatic rings. The van der Waals surface area contributed by atoms with E-state index in [1.54, 1.807) is 0 Å². The first kappa shape index (κ1) is 16.5. The number of hydrogen-bond donors (Lipinski definition) is 0. The second-order valence-corrected chi connectivity index (χ2v) is 6.80. The van der Waals surface area contributed by atoms with Crippen molar-refractivity contribution < 1.29 is 4.42 Å². The summed E-state index contributed by atoms with van der Waals surface area (Å²) in [5.41, 5.74) is 3.17. The highest BCUT2D eigenvalue weighted by molar-refractivity contribution is 7.98. The van der Waals surface area contributed by atoms with Crippen molar-refractivity contribution in [2.45, 2.75) is 24.8 Å². The lowest BCUT2D eigenvalue weighted by Crippen LogP contribution is -1.99. The van der Waals surface area contributed by atoms with Crippen molar-refractivity contribution >= 4 is 11.8 Å². The van der Waals surface area contributed by atoms with Crippen LogP contribution in [0, 0.1) is 13.8 Å². The molecule has 2 heterocycles. The van der Waals surface area contributed by atoms with E-state index in [4.69, 9.17) is 4.42 Å². The molecule has 6 nitrogen and oxygen atoms in total.